The number of para-hydroxylation sites is 1. The first-order valence-electron chi connectivity index (χ1n) is 8.46. The summed E-state index contributed by atoms with van der Waals surface area (Å²) in [5.41, 5.74) is 1.33. The van der Waals surface area contributed by atoms with Crippen molar-refractivity contribution in [3.63, 3.8) is 0 Å². The maximum Gasteiger partial charge on any atom is 0.413 e. The van der Waals surface area contributed by atoms with Crippen molar-refractivity contribution in [3.8, 4) is 0 Å². The molecule has 0 bridgehead atoms. The highest BCUT2D eigenvalue weighted by atomic mass is 16.6. The van der Waals surface area contributed by atoms with Gasteiger partial charge in [0.2, 0.25) is 0 Å². The number of ether oxygens (including phenoxy) is 1. The minimum absolute atomic E-state index is 0.286. The number of aromatic nitrogens is 1. The number of nitrogens with zero attached hydrogens (tertiary/aromatic N) is 1. The van der Waals surface area contributed by atoms with Crippen molar-refractivity contribution >= 4 is 22.8 Å². The molecule has 1 aromatic heterocycles. The Balaban J connectivity index is 2.03. The molecule has 1 unspecified atom stereocenters. The first-order valence-corrected chi connectivity index (χ1v) is 8.46. The van der Waals surface area contributed by atoms with Crippen LogP contribution in [-0.2, 0) is 4.74 Å². The molecule has 2 N–H and O–H groups in total. The molecular weight excluding hydrogens is 328 g/mol. The molecule has 5 nitrogen and oxygen atoms in total. The minimum Gasteiger partial charge on any atom is -0.444 e. The molecule has 0 saturated heterocycles. The average Bonchev–Trinajstić information content (AvgIpc) is 2.59. The van der Waals surface area contributed by atoms with E-state index in [0.29, 0.717) is 5.56 Å². The van der Waals surface area contributed by atoms with E-state index in [1.807, 2.05) is 60.7 Å². The third kappa shape index (κ3) is 4.18. The number of nitrogens with one attached hydrogen (secondary N) is 1. The van der Waals surface area contributed by atoms with Gasteiger partial charge in [-0.25, -0.2) is 9.78 Å². The second kappa shape index (κ2) is 7.14. The predicted octanol–water partition coefficient (Wildman–Crippen LogP) is 4.66. The fraction of sp³-hybridized carbons (Fsp3) is 0.238. The number of anilines is 1. The van der Waals surface area contributed by atoms with Crippen LogP contribution in [0.2, 0.25) is 0 Å². The van der Waals surface area contributed by atoms with Crippen LogP contribution in [0.25, 0.3) is 10.9 Å². The molecule has 0 radical (unpaired) electrons. The van der Waals surface area contributed by atoms with E-state index >= 15 is 0 Å². The van der Waals surface area contributed by atoms with E-state index in [1.54, 1.807) is 20.8 Å². The van der Waals surface area contributed by atoms with E-state index in [0.717, 1.165) is 16.5 Å². The maximum atomic E-state index is 12.2. The lowest BCUT2D eigenvalue weighted by molar-refractivity contribution is 0.0635. The number of benzene rings is 2. The third-order valence-electron chi connectivity index (χ3n) is 3.78. The minimum atomic E-state index is -0.918. The molecule has 0 spiro atoms. The molecule has 5 heteroatoms. The maximum absolute atomic E-state index is 12.2. The highest BCUT2D eigenvalue weighted by molar-refractivity contribution is 5.89. The number of amides is 1. The molecular formula is C21H22N2O3. The van der Waals surface area contributed by atoms with Gasteiger partial charge in [-0.2, -0.15) is 0 Å². The Morgan fingerprint density at radius 2 is 1.73 bits per heavy atom. The molecule has 0 aliphatic carbocycles. The Labute approximate surface area is 152 Å². The number of aliphatic hydroxyl groups excluding tert-OH is 1. The van der Waals surface area contributed by atoms with Crippen molar-refractivity contribution in [1.29, 1.82) is 0 Å². The van der Waals surface area contributed by atoms with Crippen molar-refractivity contribution < 1.29 is 14.6 Å². The lowest BCUT2D eigenvalue weighted by atomic mass is 10.0. The molecule has 2 aromatic carbocycles. The molecule has 0 saturated carbocycles. The van der Waals surface area contributed by atoms with Crippen molar-refractivity contribution in [1.82, 2.24) is 4.98 Å². The van der Waals surface area contributed by atoms with Crippen LogP contribution >= 0.6 is 0 Å². The van der Waals surface area contributed by atoms with Gasteiger partial charge >= 0.3 is 6.09 Å². The Morgan fingerprint density at radius 3 is 2.42 bits per heavy atom. The molecule has 0 aliphatic heterocycles. The van der Waals surface area contributed by atoms with Crippen molar-refractivity contribution in [2.24, 2.45) is 0 Å². The van der Waals surface area contributed by atoms with Gasteiger partial charge < -0.3 is 9.84 Å². The number of carbonyl (C=O) groups is 1. The number of fused-ring (bicyclic) bond motifs is 1. The lowest BCUT2D eigenvalue weighted by Gasteiger charge is -2.21. The fourth-order valence-electron chi connectivity index (χ4n) is 2.66. The van der Waals surface area contributed by atoms with Gasteiger partial charge in [-0.1, -0.05) is 48.5 Å². The van der Waals surface area contributed by atoms with E-state index in [9.17, 15) is 9.90 Å². The summed E-state index contributed by atoms with van der Waals surface area (Å²) in [7, 11) is 0. The second-order valence-electron chi connectivity index (χ2n) is 7.06. The van der Waals surface area contributed by atoms with Crippen LogP contribution in [0.3, 0.4) is 0 Å². The highest BCUT2D eigenvalue weighted by Crippen LogP contribution is 2.30. The largest absolute Gasteiger partial charge is 0.444 e. The molecule has 1 atom stereocenters. The Hall–Kier alpha value is -2.92. The number of rotatable bonds is 3. The number of pyridine rings is 1. The number of hydrogen-bond acceptors (Lipinski definition) is 4. The van der Waals surface area contributed by atoms with E-state index in [1.165, 1.54) is 0 Å². The second-order valence-corrected chi connectivity index (χ2v) is 7.06. The van der Waals surface area contributed by atoms with Gasteiger partial charge in [0, 0.05) is 10.9 Å². The van der Waals surface area contributed by atoms with Crippen molar-refractivity contribution in [3.05, 3.63) is 71.8 Å². The zero-order chi connectivity index (χ0) is 18.7. The molecule has 3 rings (SSSR count). The van der Waals surface area contributed by atoms with E-state index < -0.39 is 17.8 Å². The van der Waals surface area contributed by atoms with E-state index in [4.69, 9.17) is 4.74 Å². The first-order chi connectivity index (χ1) is 12.3. The molecule has 3 aromatic rings. The molecule has 1 amide bonds. The highest BCUT2D eigenvalue weighted by Gasteiger charge is 2.21. The third-order valence-corrected chi connectivity index (χ3v) is 3.78. The van der Waals surface area contributed by atoms with Crippen LogP contribution in [0.1, 0.15) is 38.0 Å². The predicted molar refractivity (Wildman–Crippen MR) is 102 cm³/mol. The quantitative estimate of drug-likeness (QED) is 0.720. The van der Waals surface area contributed by atoms with Crippen LogP contribution < -0.4 is 5.32 Å². The van der Waals surface area contributed by atoms with Gasteiger partial charge in [0.05, 0.1) is 5.52 Å². The monoisotopic (exact) mass is 350 g/mol. The molecule has 1 heterocycles. The molecule has 134 valence electrons. The standard InChI is InChI=1S/C21H22N2O3/c1-21(2,3)26-20(25)23-19-16(18(24)14-9-5-4-6-10-14)13-15-11-7-8-12-17(15)22-19/h4-13,18,24H,1-3H3,(H,22,23,25). The normalized spacial score (nSPS) is 12.6. The summed E-state index contributed by atoms with van der Waals surface area (Å²) < 4.78 is 5.32. The van der Waals surface area contributed by atoms with Crippen molar-refractivity contribution in [2.45, 2.75) is 32.5 Å². The summed E-state index contributed by atoms with van der Waals surface area (Å²) in [6.07, 6.45) is -1.53. The summed E-state index contributed by atoms with van der Waals surface area (Å²) in [6.45, 7) is 5.38. The van der Waals surface area contributed by atoms with Gasteiger partial charge in [-0.15, -0.1) is 0 Å². The number of hydrogen-bond donors (Lipinski definition) is 2. The van der Waals surface area contributed by atoms with Crippen molar-refractivity contribution in [2.75, 3.05) is 5.32 Å². The summed E-state index contributed by atoms with van der Waals surface area (Å²) in [5.74, 6) is 0.286. The lowest BCUT2D eigenvalue weighted by Crippen LogP contribution is -2.28. The topological polar surface area (TPSA) is 71.5 Å². The van der Waals surface area contributed by atoms with E-state index in [-0.39, 0.29) is 5.82 Å². The molecule has 0 fully saturated rings. The van der Waals surface area contributed by atoms with Gasteiger partial charge in [0.25, 0.3) is 0 Å². The summed E-state index contributed by atoms with van der Waals surface area (Å²) in [6, 6.07) is 18.6. The Morgan fingerprint density at radius 1 is 1.08 bits per heavy atom. The zero-order valence-corrected chi connectivity index (χ0v) is 15.1. The van der Waals surface area contributed by atoms with Crippen LogP contribution in [0.4, 0.5) is 10.6 Å². The van der Waals surface area contributed by atoms with Gasteiger partial charge in [-0.3, -0.25) is 5.32 Å². The molecule has 26 heavy (non-hydrogen) atoms. The molecule has 0 aliphatic rings. The summed E-state index contributed by atoms with van der Waals surface area (Å²) >= 11 is 0. The van der Waals surface area contributed by atoms with Gasteiger partial charge in [0.1, 0.15) is 17.5 Å². The summed E-state index contributed by atoms with van der Waals surface area (Å²) in [4.78, 5) is 16.7. The van der Waals surface area contributed by atoms with Crippen LogP contribution in [0, 0.1) is 0 Å². The first kappa shape index (κ1) is 17.9. The zero-order valence-electron chi connectivity index (χ0n) is 15.1. The average molecular weight is 350 g/mol. The van der Waals surface area contributed by atoms with Crippen LogP contribution in [0.5, 0.6) is 0 Å². The van der Waals surface area contributed by atoms with Gasteiger partial charge in [0.15, 0.2) is 0 Å². The van der Waals surface area contributed by atoms with Crippen LogP contribution in [-0.4, -0.2) is 21.8 Å². The Bertz CT molecular complexity index is 917. The number of aliphatic hydroxyl groups is 1. The van der Waals surface area contributed by atoms with E-state index in [2.05, 4.69) is 10.3 Å². The SMILES string of the molecule is CC(C)(C)OC(=O)Nc1nc2ccccc2cc1C(O)c1ccccc1. The fourth-order valence-corrected chi connectivity index (χ4v) is 2.66. The number of carbonyl (C=O) groups excluding carboxylic acids is 1. The Kier molecular flexibility index (Phi) is 4.91. The van der Waals surface area contributed by atoms with Crippen LogP contribution in [0.15, 0.2) is 60.7 Å². The van der Waals surface area contributed by atoms with Gasteiger partial charge in [-0.05, 0) is 38.5 Å². The smallest absolute Gasteiger partial charge is 0.413 e. The summed E-state index contributed by atoms with van der Waals surface area (Å²) in [5, 5.41) is 14.4.